The van der Waals surface area contributed by atoms with Crippen molar-refractivity contribution in [3.63, 3.8) is 0 Å². The van der Waals surface area contributed by atoms with Crippen LogP contribution in [0.3, 0.4) is 0 Å². The van der Waals surface area contributed by atoms with E-state index in [9.17, 15) is 14.7 Å². The average Bonchev–Trinajstić information content (AvgIpc) is 3.18. The minimum atomic E-state index is -0.779. The molecule has 1 aliphatic rings. The van der Waals surface area contributed by atoms with Gasteiger partial charge in [0.15, 0.2) is 0 Å². The first-order valence-electron chi connectivity index (χ1n) is 6.27. The summed E-state index contributed by atoms with van der Waals surface area (Å²) in [7, 11) is 0. The highest BCUT2D eigenvalue weighted by atomic mass is 16.5. The van der Waals surface area contributed by atoms with Crippen LogP contribution in [-0.2, 0) is 19.7 Å². The lowest BCUT2D eigenvalue weighted by atomic mass is 9.94. The van der Waals surface area contributed by atoms with Crippen molar-refractivity contribution in [2.45, 2.75) is 25.2 Å². The lowest BCUT2D eigenvalue weighted by Crippen LogP contribution is -2.19. The number of carboxylic acid groups (broad SMARTS) is 1. The summed E-state index contributed by atoms with van der Waals surface area (Å²) in [5.41, 5.74) is 0.886. The molecule has 1 fully saturated rings. The first-order chi connectivity index (χ1) is 9.08. The molecule has 1 N–H and O–H groups in total. The van der Waals surface area contributed by atoms with Crippen molar-refractivity contribution >= 4 is 18.0 Å². The van der Waals surface area contributed by atoms with Crippen LogP contribution in [-0.4, -0.2) is 23.7 Å². The van der Waals surface area contributed by atoms with Crippen molar-refractivity contribution in [1.29, 1.82) is 0 Å². The van der Waals surface area contributed by atoms with Crippen LogP contribution in [0.25, 0.3) is 6.08 Å². The van der Waals surface area contributed by atoms with Crippen molar-refractivity contribution in [2.24, 2.45) is 0 Å². The van der Waals surface area contributed by atoms with Gasteiger partial charge in [0.1, 0.15) is 0 Å². The molecule has 4 heteroatoms. The Kier molecular flexibility index (Phi) is 3.69. The molecule has 0 heterocycles. The number of carbonyl (C=O) groups excluding carboxylic acids is 1. The summed E-state index contributed by atoms with van der Waals surface area (Å²) in [5, 5.41) is 9.24. The van der Waals surface area contributed by atoms with E-state index in [-0.39, 0.29) is 0 Å². The minimum Gasteiger partial charge on any atom is -0.481 e. The third-order valence-electron chi connectivity index (χ3n) is 3.30. The van der Waals surface area contributed by atoms with E-state index in [1.54, 1.807) is 13.0 Å². The summed E-state index contributed by atoms with van der Waals surface area (Å²) in [6, 6.07) is 7.28. The molecule has 2 rings (SSSR count). The van der Waals surface area contributed by atoms with Gasteiger partial charge in [-0.15, -0.1) is 0 Å². The summed E-state index contributed by atoms with van der Waals surface area (Å²) in [4.78, 5) is 22.5. The van der Waals surface area contributed by atoms with Crippen LogP contribution in [0.1, 0.15) is 30.9 Å². The number of carbonyl (C=O) groups is 2. The maximum Gasteiger partial charge on any atom is 0.330 e. The zero-order chi connectivity index (χ0) is 13.9. The summed E-state index contributed by atoms with van der Waals surface area (Å²) >= 11 is 0. The van der Waals surface area contributed by atoms with Gasteiger partial charge in [0.05, 0.1) is 12.0 Å². The van der Waals surface area contributed by atoms with Gasteiger partial charge in [0, 0.05) is 6.08 Å². The highest BCUT2D eigenvalue weighted by molar-refractivity contribution is 5.88. The molecule has 0 aliphatic heterocycles. The van der Waals surface area contributed by atoms with Gasteiger partial charge in [-0.2, -0.15) is 0 Å². The van der Waals surface area contributed by atoms with Crippen molar-refractivity contribution in [2.75, 3.05) is 6.61 Å². The number of rotatable bonds is 5. The average molecular weight is 260 g/mol. The summed E-state index contributed by atoms with van der Waals surface area (Å²) in [6.07, 6.45) is 4.34. The fourth-order valence-electron chi connectivity index (χ4n) is 2.05. The number of benzene rings is 1. The Morgan fingerprint density at radius 3 is 2.74 bits per heavy atom. The normalized spacial score (nSPS) is 16.3. The van der Waals surface area contributed by atoms with Crippen molar-refractivity contribution in [3.05, 3.63) is 41.5 Å². The summed E-state index contributed by atoms with van der Waals surface area (Å²) < 4.78 is 4.79. The number of hydrogen-bond donors (Lipinski definition) is 1. The van der Waals surface area contributed by atoms with Crippen LogP contribution in [0.4, 0.5) is 0 Å². The Hall–Kier alpha value is -2.10. The smallest absolute Gasteiger partial charge is 0.330 e. The van der Waals surface area contributed by atoms with E-state index in [4.69, 9.17) is 4.74 Å². The largest absolute Gasteiger partial charge is 0.481 e. The van der Waals surface area contributed by atoms with E-state index in [2.05, 4.69) is 0 Å². The Balaban J connectivity index is 2.17. The molecule has 0 atom stereocenters. The number of ether oxygens (including phenoxy) is 1. The Bertz CT molecular complexity index is 527. The minimum absolute atomic E-state index is 0.339. The Morgan fingerprint density at radius 2 is 2.16 bits per heavy atom. The van der Waals surface area contributed by atoms with Crippen molar-refractivity contribution in [1.82, 2.24) is 0 Å². The maximum atomic E-state index is 11.3. The molecule has 1 aromatic carbocycles. The van der Waals surface area contributed by atoms with Crippen LogP contribution in [0.15, 0.2) is 30.3 Å². The zero-order valence-corrected chi connectivity index (χ0v) is 10.8. The van der Waals surface area contributed by atoms with Gasteiger partial charge in [-0.25, -0.2) is 4.79 Å². The molecule has 100 valence electrons. The molecule has 0 spiro atoms. The molecule has 1 aliphatic carbocycles. The van der Waals surface area contributed by atoms with E-state index in [1.807, 2.05) is 24.3 Å². The molecular formula is C15H16O4. The Labute approximate surface area is 111 Å². The van der Waals surface area contributed by atoms with Crippen LogP contribution in [0.5, 0.6) is 0 Å². The van der Waals surface area contributed by atoms with Gasteiger partial charge >= 0.3 is 11.9 Å². The number of esters is 1. The predicted molar refractivity (Wildman–Crippen MR) is 70.7 cm³/mol. The molecule has 0 saturated heterocycles. The highest BCUT2D eigenvalue weighted by Crippen LogP contribution is 2.48. The van der Waals surface area contributed by atoms with E-state index in [0.717, 1.165) is 11.1 Å². The summed E-state index contributed by atoms with van der Waals surface area (Å²) in [5.74, 6) is -1.17. The monoisotopic (exact) mass is 260 g/mol. The number of carboxylic acids is 1. The van der Waals surface area contributed by atoms with Crippen LogP contribution < -0.4 is 0 Å². The fraction of sp³-hybridized carbons (Fsp3) is 0.333. The molecule has 1 aromatic rings. The number of hydrogen-bond acceptors (Lipinski definition) is 3. The molecule has 1 saturated carbocycles. The van der Waals surface area contributed by atoms with Gasteiger partial charge in [-0.1, -0.05) is 24.3 Å². The first kappa shape index (κ1) is 13.3. The quantitative estimate of drug-likeness (QED) is 0.652. The standard InChI is InChI=1S/C15H16O4/c1-2-19-13(16)7-6-11-4-3-5-12(10-11)15(8-9-15)14(17)18/h3-7,10H,2,8-9H2,1H3,(H,17,18)/b7-6+. The van der Waals surface area contributed by atoms with E-state index >= 15 is 0 Å². The summed E-state index contributed by atoms with van der Waals surface area (Å²) in [6.45, 7) is 2.08. The second-order valence-electron chi connectivity index (χ2n) is 4.60. The van der Waals surface area contributed by atoms with E-state index in [0.29, 0.717) is 19.4 Å². The third kappa shape index (κ3) is 2.84. The van der Waals surface area contributed by atoms with Gasteiger partial charge in [-0.3, -0.25) is 4.79 Å². The molecule has 0 amide bonds. The lowest BCUT2D eigenvalue weighted by Gasteiger charge is -2.10. The Morgan fingerprint density at radius 1 is 1.42 bits per heavy atom. The molecule has 0 radical (unpaired) electrons. The van der Waals surface area contributed by atoms with Gasteiger partial charge < -0.3 is 9.84 Å². The van der Waals surface area contributed by atoms with E-state index in [1.165, 1.54) is 6.08 Å². The molecular weight excluding hydrogens is 244 g/mol. The van der Waals surface area contributed by atoms with Crippen LogP contribution >= 0.6 is 0 Å². The van der Waals surface area contributed by atoms with Crippen molar-refractivity contribution in [3.8, 4) is 0 Å². The zero-order valence-electron chi connectivity index (χ0n) is 10.8. The van der Waals surface area contributed by atoms with Crippen LogP contribution in [0.2, 0.25) is 0 Å². The maximum absolute atomic E-state index is 11.3. The number of aliphatic carboxylic acids is 1. The molecule has 0 aromatic heterocycles. The van der Waals surface area contributed by atoms with Gasteiger partial charge in [0.25, 0.3) is 0 Å². The van der Waals surface area contributed by atoms with Gasteiger partial charge in [0.2, 0.25) is 0 Å². The van der Waals surface area contributed by atoms with Gasteiger partial charge in [-0.05, 0) is 37.0 Å². The molecule has 4 nitrogen and oxygen atoms in total. The van der Waals surface area contributed by atoms with Crippen LogP contribution in [0, 0.1) is 0 Å². The predicted octanol–water partition coefficient (Wildman–Crippen LogP) is 2.38. The topological polar surface area (TPSA) is 63.6 Å². The molecule has 0 bridgehead atoms. The first-order valence-corrected chi connectivity index (χ1v) is 6.27. The SMILES string of the molecule is CCOC(=O)/C=C/c1cccc(C2(C(=O)O)CC2)c1. The lowest BCUT2D eigenvalue weighted by molar-refractivity contribution is -0.140. The molecule has 19 heavy (non-hydrogen) atoms. The second-order valence-corrected chi connectivity index (χ2v) is 4.60. The van der Waals surface area contributed by atoms with Crippen molar-refractivity contribution < 1.29 is 19.4 Å². The molecule has 0 unspecified atom stereocenters. The fourth-order valence-corrected chi connectivity index (χ4v) is 2.05. The second kappa shape index (κ2) is 5.26. The third-order valence-corrected chi connectivity index (χ3v) is 3.30. The highest BCUT2D eigenvalue weighted by Gasteiger charge is 2.51. The van der Waals surface area contributed by atoms with E-state index < -0.39 is 17.4 Å².